The fraction of sp³-hybridized carbons (Fsp3) is 0.217. The van der Waals surface area contributed by atoms with Gasteiger partial charge in [-0.3, -0.25) is 4.79 Å². The number of hydrogen-bond donors (Lipinski definition) is 1. The van der Waals surface area contributed by atoms with Crippen LogP contribution in [0.5, 0.6) is 0 Å². The van der Waals surface area contributed by atoms with Crippen LogP contribution in [-0.2, 0) is 9.53 Å². The average molecular weight is 376 g/mol. The maximum Gasteiger partial charge on any atom is 0.338 e. The fourth-order valence-electron chi connectivity index (χ4n) is 3.18. The molecule has 1 N–H and O–H groups in total. The number of nitrogens with zero attached hydrogens (tertiary/aromatic N) is 1. The van der Waals surface area contributed by atoms with Crippen molar-refractivity contribution in [3.05, 3.63) is 82.7 Å². The molecule has 0 spiro atoms. The lowest BCUT2D eigenvalue weighted by Gasteiger charge is -2.11. The molecule has 0 radical (unpaired) electrons. The molecule has 1 aromatic heterocycles. The number of anilines is 1. The number of aromatic nitrogens is 1. The normalized spacial score (nSPS) is 10.6. The van der Waals surface area contributed by atoms with Crippen molar-refractivity contribution < 1.29 is 14.3 Å². The Hall–Kier alpha value is -3.34. The highest BCUT2D eigenvalue weighted by Crippen LogP contribution is 2.18. The summed E-state index contributed by atoms with van der Waals surface area (Å²) in [6.07, 6.45) is 0. The summed E-state index contributed by atoms with van der Waals surface area (Å²) in [5.41, 5.74) is 6.43. The van der Waals surface area contributed by atoms with E-state index in [1.54, 1.807) is 12.1 Å². The third-order valence-electron chi connectivity index (χ3n) is 4.62. The lowest BCUT2D eigenvalue weighted by Crippen LogP contribution is -2.21. The molecule has 0 bridgehead atoms. The number of benzene rings is 2. The number of rotatable bonds is 5. The van der Waals surface area contributed by atoms with Crippen molar-refractivity contribution in [1.29, 1.82) is 0 Å². The van der Waals surface area contributed by atoms with Gasteiger partial charge in [-0.25, -0.2) is 4.79 Å². The van der Waals surface area contributed by atoms with Crippen molar-refractivity contribution in [3.8, 4) is 5.69 Å². The van der Waals surface area contributed by atoms with E-state index in [0.29, 0.717) is 11.3 Å². The van der Waals surface area contributed by atoms with Crippen LogP contribution in [0.1, 0.15) is 32.9 Å². The van der Waals surface area contributed by atoms with Crippen molar-refractivity contribution in [2.24, 2.45) is 0 Å². The second-order valence-corrected chi connectivity index (χ2v) is 6.94. The molecule has 0 aliphatic heterocycles. The number of nitrogens with one attached hydrogen (secondary N) is 1. The molecule has 1 heterocycles. The van der Waals surface area contributed by atoms with Gasteiger partial charge >= 0.3 is 5.97 Å². The van der Waals surface area contributed by atoms with E-state index in [4.69, 9.17) is 4.74 Å². The Bertz CT molecular complexity index is 997. The first kappa shape index (κ1) is 19.4. The third-order valence-corrected chi connectivity index (χ3v) is 4.62. The topological polar surface area (TPSA) is 60.3 Å². The Morgan fingerprint density at radius 2 is 1.54 bits per heavy atom. The molecule has 28 heavy (non-hydrogen) atoms. The van der Waals surface area contributed by atoms with Crippen LogP contribution >= 0.6 is 0 Å². The Morgan fingerprint density at radius 1 is 0.893 bits per heavy atom. The summed E-state index contributed by atoms with van der Waals surface area (Å²) in [5.74, 6) is -0.890. The summed E-state index contributed by atoms with van der Waals surface area (Å²) in [6.45, 7) is 7.64. The molecule has 0 aliphatic rings. The number of hydrogen-bond acceptors (Lipinski definition) is 3. The minimum Gasteiger partial charge on any atom is -0.452 e. The van der Waals surface area contributed by atoms with Gasteiger partial charge in [-0.2, -0.15) is 0 Å². The van der Waals surface area contributed by atoms with E-state index in [0.717, 1.165) is 28.2 Å². The first-order valence-corrected chi connectivity index (χ1v) is 9.15. The van der Waals surface area contributed by atoms with E-state index in [2.05, 4.69) is 9.88 Å². The lowest BCUT2D eigenvalue weighted by atomic mass is 10.1. The van der Waals surface area contributed by atoms with Crippen molar-refractivity contribution in [2.75, 3.05) is 11.9 Å². The summed E-state index contributed by atoms with van der Waals surface area (Å²) in [5, 5.41) is 2.76. The van der Waals surface area contributed by atoms with Crippen molar-refractivity contribution in [3.63, 3.8) is 0 Å². The molecular formula is C23H24N2O3. The highest BCUT2D eigenvalue weighted by Gasteiger charge is 2.12. The third kappa shape index (κ3) is 4.31. The molecule has 3 rings (SSSR count). The lowest BCUT2D eigenvalue weighted by molar-refractivity contribution is -0.119. The maximum atomic E-state index is 12.2. The van der Waals surface area contributed by atoms with Crippen LogP contribution in [0.15, 0.2) is 54.6 Å². The van der Waals surface area contributed by atoms with Crippen molar-refractivity contribution in [1.82, 2.24) is 4.57 Å². The Morgan fingerprint density at radius 3 is 2.14 bits per heavy atom. The number of ether oxygens (including phenoxy) is 1. The standard InChI is InChI=1S/C23H24N2O3/c1-15-5-12-21(16(2)13-15)24-22(26)14-28-23(27)19-8-10-20(11-9-19)25-17(3)6-7-18(25)4/h5-13H,14H2,1-4H3,(H,24,26). The first-order chi connectivity index (χ1) is 13.3. The van der Waals surface area contributed by atoms with Crippen LogP contribution in [0.25, 0.3) is 5.69 Å². The largest absolute Gasteiger partial charge is 0.452 e. The van der Waals surface area contributed by atoms with Crippen molar-refractivity contribution in [2.45, 2.75) is 27.7 Å². The van der Waals surface area contributed by atoms with E-state index in [9.17, 15) is 9.59 Å². The number of amides is 1. The van der Waals surface area contributed by atoms with E-state index in [1.807, 2.05) is 70.2 Å². The van der Waals surface area contributed by atoms with Gasteiger partial charge in [-0.05, 0) is 75.7 Å². The number of carbonyl (C=O) groups excluding carboxylic acids is 2. The molecule has 0 saturated carbocycles. The molecule has 0 aliphatic carbocycles. The second-order valence-electron chi connectivity index (χ2n) is 6.94. The minimum atomic E-state index is -0.525. The maximum absolute atomic E-state index is 12.2. The summed E-state index contributed by atoms with van der Waals surface area (Å²) in [6, 6.07) is 17.0. The Kier molecular flexibility index (Phi) is 5.64. The average Bonchev–Trinajstić information content (AvgIpc) is 3.00. The van der Waals surface area contributed by atoms with Crippen LogP contribution in [-0.4, -0.2) is 23.1 Å². The van der Waals surface area contributed by atoms with Gasteiger partial charge in [0.1, 0.15) is 0 Å². The highest BCUT2D eigenvalue weighted by atomic mass is 16.5. The number of carbonyl (C=O) groups is 2. The first-order valence-electron chi connectivity index (χ1n) is 9.15. The van der Waals surface area contributed by atoms with E-state index < -0.39 is 5.97 Å². The van der Waals surface area contributed by atoms with Crippen molar-refractivity contribution >= 4 is 17.6 Å². The smallest absolute Gasteiger partial charge is 0.338 e. The molecule has 0 unspecified atom stereocenters. The van der Waals surface area contributed by atoms with Crippen LogP contribution in [0.4, 0.5) is 5.69 Å². The van der Waals surface area contributed by atoms with Crippen LogP contribution < -0.4 is 5.32 Å². The molecule has 144 valence electrons. The SMILES string of the molecule is Cc1ccc(NC(=O)COC(=O)c2ccc(-n3c(C)ccc3C)cc2)c(C)c1. The molecule has 5 nitrogen and oxygen atoms in total. The Labute approximate surface area is 165 Å². The predicted molar refractivity (Wildman–Crippen MR) is 110 cm³/mol. The zero-order valence-corrected chi connectivity index (χ0v) is 16.6. The zero-order valence-electron chi connectivity index (χ0n) is 16.6. The summed E-state index contributed by atoms with van der Waals surface area (Å²) >= 11 is 0. The van der Waals surface area contributed by atoms with Crippen LogP contribution in [0.2, 0.25) is 0 Å². The van der Waals surface area contributed by atoms with Crippen LogP contribution in [0, 0.1) is 27.7 Å². The Balaban J connectivity index is 1.59. The summed E-state index contributed by atoms with van der Waals surface area (Å²) < 4.78 is 7.25. The minimum absolute atomic E-state index is 0.330. The number of aryl methyl sites for hydroxylation is 4. The van der Waals surface area contributed by atoms with E-state index >= 15 is 0 Å². The highest BCUT2D eigenvalue weighted by molar-refractivity contribution is 5.96. The summed E-state index contributed by atoms with van der Waals surface area (Å²) in [4.78, 5) is 24.3. The molecule has 0 saturated heterocycles. The molecule has 3 aromatic rings. The van der Waals surface area contributed by atoms with Gasteiger partial charge in [0.15, 0.2) is 6.61 Å². The molecular weight excluding hydrogens is 352 g/mol. The number of esters is 1. The fourth-order valence-corrected chi connectivity index (χ4v) is 3.18. The quantitative estimate of drug-likeness (QED) is 0.667. The zero-order chi connectivity index (χ0) is 20.3. The van der Waals surface area contributed by atoms with Gasteiger partial charge in [-0.15, -0.1) is 0 Å². The van der Waals surface area contributed by atoms with Gasteiger partial charge in [-0.1, -0.05) is 17.7 Å². The van der Waals surface area contributed by atoms with Gasteiger partial charge in [0, 0.05) is 22.8 Å². The van der Waals surface area contributed by atoms with Gasteiger partial charge in [0.05, 0.1) is 5.56 Å². The van der Waals surface area contributed by atoms with Gasteiger partial charge in [0.2, 0.25) is 0 Å². The molecule has 0 fully saturated rings. The van der Waals surface area contributed by atoms with Gasteiger partial charge < -0.3 is 14.6 Å². The summed E-state index contributed by atoms with van der Waals surface area (Å²) in [7, 11) is 0. The monoisotopic (exact) mass is 376 g/mol. The van der Waals surface area contributed by atoms with Crippen LogP contribution in [0.3, 0.4) is 0 Å². The molecule has 5 heteroatoms. The molecule has 1 amide bonds. The predicted octanol–water partition coefficient (Wildman–Crippen LogP) is 4.51. The molecule has 2 aromatic carbocycles. The van der Waals surface area contributed by atoms with E-state index in [1.165, 1.54) is 0 Å². The van der Waals surface area contributed by atoms with Gasteiger partial charge in [0.25, 0.3) is 5.91 Å². The second kappa shape index (κ2) is 8.13. The molecule has 0 atom stereocenters. The van der Waals surface area contributed by atoms with E-state index in [-0.39, 0.29) is 12.5 Å².